The number of nitrogens with one attached hydrogen (secondary N) is 1. The van der Waals surface area contributed by atoms with Crippen LogP contribution >= 0.6 is 0 Å². The third-order valence-electron chi connectivity index (χ3n) is 2.48. The zero-order chi connectivity index (χ0) is 13.0. The maximum Gasteiger partial charge on any atom is 0.349 e. The zero-order valence-electron chi connectivity index (χ0n) is 9.93. The number of amides is 1. The second kappa shape index (κ2) is 5.46. The molecule has 0 aliphatic carbocycles. The van der Waals surface area contributed by atoms with E-state index in [-0.39, 0.29) is 5.56 Å². The fourth-order valence-corrected chi connectivity index (χ4v) is 1.58. The maximum absolute atomic E-state index is 11.8. The van der Waals surface area contributed by atoms with Crippen LogP contribution in [0.15, 0.2) is 39.5 Å². The van der Waals surface area contributed by atoms with Crippen molar-refractivity contribution in [3.63, 3.8) is 0 Å². The number of carbonyl (C=O) groups is 1. The number of fused-ring (bicyclic) bond motifs is 1. The molecule has 5 nitrogen and oxygen atoms in total. The van der Waals surface area contributed by atoms with Crippen LogP contribution in [0.2, 0.25) is 0 Å². The van der Waals surface area contributed by atoms with Crippen LogP contribution in [0.25, 0.3) is 11.0 Å². The highest BCUT2D eigenvalue weighted by atomic mass is 16.5. The number of hydrogen-bond acceptors (Lipinski definition) is 4. The molecule has 1 aromatic carbocycles. The third kappa shape index (κ3) is 2.57. The molecule has 0 saturated carbocycles. The van der Waals surface area contributed by atoms with Crippen LogP contribution in [0.4, 0.5) is 0 Å². The first-order valence-corrected chi connectivity index (χ1v) is 5.52. The van der Waals surface area contributed by atoms with Gasteiger partial charge in [-0.05, 0) is 12.1 Å². The van der Waals surface area contributed by atoms with E-state index in [9.17, 15) is 9.59 Å². The Labute approximate surface area is 103 Å². The van der Waals surface area contributed by atoms with E-state index in [1.54, 1.807) is 18.2 Å². The first-order valence-electron chi connectivity index (χ1n) is 5.52. The summed E-state index contributed by atoms with van der Waals surface area (Å²) in [5.41, 5.74) is -0.163. The molecule has 0 bridgehead atoms. The van der Waals surface area contributed by atoms with Gasteiger partial charge in [0.15, 0.2) is 0 Å². The molecule has 1 amide bonds. The maximum atomic E-state index is 11.8. The molecule has 1 heterocycles. The van der Waals surface area contributed by atoms with Crippen molar-refractivity contribution in [2.75, 3.05) is 20.3 Å². The topological polar surface area (TPSA) is 68.5 Å². The summed E-state index contributed by atoms with van der Waals surface area (Å²) in [7, 11) is 1.54. The van der Waals surface area contributed by atoms with Crippen LogP contribution < -0.4 is 10.9 Å². The molecule has 0 unspecified atom stereocenters. The molecule has 2 rings (SSSR count). The van der Waals surface area contributed by atoms with Crippen LogP contribution in [-0.4, -0.2) is 26.2 Å². The van der Waals surface area contributed by atoms with E-state index in [1.807, 2.05) is 6.07 Å². The van der Waals surface area contributed by atoms with Gasteiger partial charge in [0.2, 0.25) is 0 Å². The number of para-hydroxylation sites is 1. The Morgan fingerprint density at radius 2 is 2.17 bits per heavy atom. The van der Waals surface area contributed by atoms with E-state index in [0.717, 1.165) is 0 Å². The van der Waals surface area contributed by atoms with E-state index in [4.69, 9.17) is 9.15 Å². The minimum atomic E-state index is -0.636. The second-order valence-corrected chi connectivity index (χ2v) is 3.73. The lowest BCUT2D eigenvalue weighted by Gasteiger charge is -2.04. The molecule has 94 valence electrons. The highest BCUT2D eigenvalue weighted by molar-refractivity contribution is 5.96. The molecule has 0 spiro atoms. The van der Waals surface area contributed by atoms with Crippen molar-refractivity contribution >= 4 is 16.9 Å². The van der Waals surface area contributed by atoms with Gasteiger partial charge >= 0.3 is 5.63 Å². The number of carbonyl (C=O) groups excluding carboxylic acids is 1. The molecular weight excluding hydrogens is 234 g/mol. The lowest BCUT2D eigenvalue weighted by molar-refractivity contribution is 0.0933. The first-order chi connectivity index (χ1) is 8.72. The van der Waals surface area contributed by atoms with Crippen LogP contribution in [0.5, 0.6) is 0 Å². The number of rotatable bonds is 4. The summed E-state index contributed by atoms with van der Waals surface area (Å²) >= 11 is 0. The van der Waals surface area contributed by atoms with Gasteiger partial charge in [-0.1, -0.05) is 18.2 Å². The Morgan fingerprint density at radius 3 is 2.94 bits per heavy atom. The van der Waals surface area contributed by atoms with Crippen molar-refractivity contribution in [2.45, 2.75) is 0 Å². The minimum Gasteiger partial charge on any atom is -0.422 e. The van der Waals surface area contributed by atoms with Crippen molar-refractivity contribution in [1.82, 2.24) is 5.32 Å². The molecule has 0 radical (unpaired) electrons. The summed E-state index contributed by atoms with van der Waals surface area (Å²) in [5, 5.41) is 3.30. The average Bonchev–Trinajstić information content (AvgIpc) is 2.38. The van der Waals surface area contributed by atoms with Gasteiger partial charge in [0.25, 0.3) is 5.91 Å². The van der Waals surface area contributed by atoms with Crippen LogP contribution in [0, 0.1) is 0 Å². The molecule has 5 heteroatoms. The van der Waals surface area contributed by atoms with Gasteiger partial charge in [-0.15, -0.1) is 0 Å². The van der Waals surface area contributed by atoms with Crippen molar-refractivity contribution in [3.05, 3.63) is 46.3 Å². The number of hydrogen-bond donors (Lipinski definition) is 1. The Kier molecular flexibility index (Phi) is 3.74. The van der Waals surface area contributed by atoms with Crippen LogP contribution in [0.1, 0.15) is 10.4 Å². The highest BCUT2D eigenvalue weighted by Crippen LogP contribution is 2.12. The number of ether oxygens (including phenoxy) is 1. The molecule has 1 N–H and O–H groups in total. The number of benzene rings is 1. The Balaban J connectivity index is 2.30. The van der Waals surface area contributed by atoms with Crippen LogP contribution in [-0.2, 0) is 4.74 Å². The quantitative estimate of drug-likeness (QED) is 0.650. The molecule has 0 fully saturated rings. The summed E-state index contributed by atoms with van der Waals surface area (Å²) in [5.74, 6) is -0.452. The molecule has 18 heavy (non-hydrogen) atoms. The van der Waals surface area contributed by atoms with Gasteiger partial charge in [-0.25, -0.2) is 4.79 Å². The highest BCUT2D eigenvalue weighted by Gasteiger charge is 2.12. The molecule has 2 aromatic rings. The third-order valence-corrected chi connectivity index (χ3v) is 2.48. The largest absolute Gasteiger partial charge is 0.422 e. The Morgan fingerprint density at radius 1 is 1.39 bits per heavy atom. The Hall–Kier alpha value is -2.14. The first kappa shape index (κ1) is 12.3. The Bertz CT molecular complexity index is 618. The van der Waals surface area contributed by atoms with E-state index < -0.39 is 11.5 Å². The summed E-state index contributed by atoms with van der Waals surface area (Å²) in [4.78, 5) is 23.4. The second-order valence-electron chi connectivity index (χ2n) is 3.73. The van der Waals surface area contributed by atoms with Crippen molar-refractivity contribution in [1.29, 1.82) is 0 Å². The van der Waals surface area contributed by atoms with Gasteiger partial charge < -0.3 is 14.5 Å². The number of methoxy groups -OCH3 is 1. The standard InChI is InChI=1S/C13H13NO4/c1-17-7-6-14-12(15)10-8-9-4-2-3-5-11(9)18-13(10)16/h2-5,8H,6-7H2,1H3,(H,14,15). The van der Waals surface area contributed by atoms with Crippen molar-refractivity contribution in [2.24, 2.45) is 0 Å². The molecule has 0 saturated heterocycles. The lowest BCUT2D eigenvalue weighted by Crippen LogP contribution is -2.30. The van der Waals surface area contributed by atoms with Crippen LogP contribution in [0.3, 0.4) is 0 Å². The SMILES string of the molecule is COCCNC(=O)c1cc2ccccc2oc1=O. The molecule has 0 aliphatic heterocycles. The molecule has 1 aromatic heterocycles. The van der Waals surface area contributed by atoms with Crippen molar-refractivity contribution < 1.29 is 13.9 Å². The van der Waals surface area contributed by atoms with Gasteiger partial charge in [-0.3, -0.25) is 4.79 Å². The minimum absolute atomic E-state index is 0.00445. The van der Waals surface area contributed by atoms with Crippen molar-refractivity contribution in [3.8, 4) is 0 Å². The van der Waals surface area contributed by atoms with Gasteiger partial charge in [0.1, 0.15) is 11.1 Å². The van der Waals surface area contributed by atoms with E-state index in [2.05, 4.69) is 5.32 Å². The van der Waals surface area contributed by atoms with Gasteiger partial charge in [-0.2, -0.15) is 0 Å². The van der Waals surface area contributed by atoms with Gasteiger partial charge in [0.05, 0.1) is 6.61 Å². The molecule has 0 aliphatic rings. The molecule has 0 atom stereocenters. The lowest BCUT2D eigenvalue weighted by atomic mass is 10.2. The monoisotopic (exact) mass is 247 g/mol. The normalized spacial score (nSPS) is 10.5. The smallest absolute Gasteiger partial charge is 0.349 e. The summed E-state index contributed by atoms with van der Waals surface area (Å²) in [6, 6.07) is 8.58. The van der Waals surface area contributed by atoms with E-state index >= 15 is 0 Å². The zero-order valence-corrected chi connectivity index (χ0v) is 9.93. The van der Waals surface area contributed by atoms with E-state index in [0.29, 0.717) is 24.1 Å². The summed E-state index contributed by atoms with van der Waals surface area (Å²) in [6.45, 7) is 0.742. The summed E-state index contributed by atoms with van der Waals surface area (Å²) < 4.78 is 9.88. The predicted octanol–water partition coefficient (Wildman–Crippen LogP) is 1.17. The van der Waals surface area contributed by atoms with Gasteiger partial charge in [0, 0.05) is 19.0 Å². The predicted molar refractivity (Wildman–Crippen MR) is 66.7 cm³/mol. The summed E-state index contributed by atoms with van der Waals surface area (Å²) in [6.07, 6.45) is 0. The fourth-order valence-electron chi connectivity index (χ4n) is 1.58. The fraction of sp³-hybridized carbons (Fsp3) is 0.231. The molecular formula is C13H13NO4. The average molecular weight is 247 g/mol. The van der Waals surface area contributed by atoms with E-state index in [1.165, 1.54) is 13.2 Å².